The highest BCUT2D eigenvalue weighted by molar-refractivity contribution is 8.01. The van der Waals surface area contributed by atoms with Gasteiger partial charge in [0.2, 0.25) is 11.8 Å². The Bertz CT molecular complexity index is 1290. The van der Waals surface area contributed by atoms with E-state index < -0.39 is 0 Å². The minimum atomic E-state index is -0.209. The molecule has 3 aliphatic rings. The average Bonchev–Trinajstić information content (AvgIpc) is 3.55. The normalized spacial score (nSPS) is 25.8. The zero-order valence-electron chi connectivity index (χ0n) is 16.7. The van der Waals surface area contributed by atoms with Gasteiger partial charge >= 0.3 is 0 Å². The lowest BCUT2D eigenvalue weighted by atomic mass is 9.85. The number of nitrogens with zero attached hydrogens (tertiary/aromatic N) is 2. The molecule has 1 aromatic heterocycles. The number of hydrogen-bond donors (Lipinski definition) is 0. The average molecular weight is 481 g/mol. The van der Waals surface area contributed by atoms with E-state index in [2.05, 4.69) is 17.1 Å². The molecule has 1 saturated heterocycles. The number of thiazole rings is 1. The molecule has 8 heteroatoms. The van der Waals surface area contributed by atoms with Crippen molar-refractivity contribution in [3.63, 3.8) is 0 Å². The number of Topliss-reactive ketones (excluding diaryl/α,β-unsaturated/α-hetero) is 1. The Labute approximate surface area is 197 Å². The first-order valence-corrected chi connectivity index (χ1v) is 12.6. The lowest BCUT2D eigenvalue weighted by Gasteiger charge is -2.17. The van der Waals surface area contributed by atoms with Crippen LogP contribution < -0.4 is 4.90 Å². The molecule has 5 nitrogen and oxygen atoms in total. The SMILES string of the molecule is O=C(CSc1nc2ccc(N3C(=O)[C@H]4[C@H](C3=O)[C@H]3C=C[C@H]4C3)cc2s1)c1ccc(Cl)cc1. The van der Waals surface area contributed by atoms with E-state index >= 15 is 0 Å². The zero-order chi connectivity index (χ0) is 22.0. The van der Waals surface area contributed by atoms with Crippen molar-refractivity contribution in [1.29, 1.82) is 0 Å². The fraction of sp³-hybridized carbons (Fsp3) is 0.250. The molecule has 0 spiro atoms. The number of fused-ring (bicyclic) bond motifs is 6. The van der Waals surface area contributed by atoms with E-state index in [0.29, 0.717) is 16.3 Å². The predicted octanol–water partition coefficient (Wildman–Crippen LogP) is 5.24. The van der Waals surface area contributed by atoms with Gasteiger partial charge < -0.3 is 0 Å². The standard InChI is InChI=1S/C24H17ClN2O3S2/c25-15-5-3-12(4-6-15)18(28)11-31-24-26-17-8-7-16(10-19(17)32-24)27-22(29)20-13-1-2-14(9-13)21(20)23(27)30/h1-8,10,13-14,20-21H,9,11H2/t13-,14-,20+,21+/m0/s1. The van der Waals surface area contributed by atoms with Crippen LogP contribution in [0, 0.1) is 23.7 Å². The molecule has 2 amide bonds. The van der Waals surface area contributed by atoms with Crippen LogP contribution >= 0.6 is 34.7 Å². The fourth-order valence-electron chi connectivity index (χ4n) is 5.10. The third-order valence-corrected chi connectivity index (χ3v) is 8.99. The monoisotopic (exact) mass is 480 g/mol. The highest BCUT2D eigenvalue weighted by Crippen LogP contribution is 2.53. The van der Waals surface area contributed by atoms with Crippen LogP contribution in [-0.2, 0) is 9.59 Å². The Hall–Kier alpha value is -2.48. The molecule has 0 radical (unpaired) electrons. The number of aromatic nitrogens is 1. The predicted molar refractivity (Wildman–Crippen MR) is 126 cm³/mol. The second kappa shape index (κ2) is 7.54. The van der Waals surface area contributed by atoms with Crippen molar-refractivity contribution in [3.05, 3.63) is 65.2 Å². The Kier molecular flexibility index (Phi) is 4.75. The number of allylic oxidation sites excluding steroid dienone is 2. The summed E-state index contributed by atoms with van der Waals surface area (Å²) in [6.45, 7) is 0. The Morgan fingerprint density at radius 2 is 1.75 bits per heavy atom. The van der Waals surface area contributed by atoms with E-state index in [1.807, 2.05) is 12.1 Å². The van der Waals surface area contributed by atoms with Gasteiger partial charge in [-0.15, -0.1) is 11.3 Å². The minimum absolute atomic E-state index is 0.00894. The van der Waals surface area contributed by atoms with Crippen molar-refractivity contribution in [3.8, 4) is 0 Å². The van der Waals surface area contributed by atoms with Gasteiger partial charge in [-0.25, -0.2) is 9.88 Å². The number of ketones is 1. The quantitative estimate of drug-likeness (QED) is 0.216. The second-order valence-electron chi connectivity index (χ2n) is 8.36. The lowest BCUT2D eigenvalue weighted by Crippen LogP contribution is -2.32. The maximum atomic E-state index is 13.1. The Balaban J connectivity index is 1.21. The molecule has 0 N–H and O–H groups in total. The number of halogens is 1. The number of benzene rings is 2. The van der Waals surface area contributed by atoms with Crippen molar-refractivity contribution in [1.82, 2.24) is 4.98 Å². The summed E-state index contributed by atoms with van der Waals surface area (Å²) in [6, 6.07) is 12.3. The number of thioether (sulfide) groups is 1. The molecule has 2 aromatic carbocycles. The smallest absolute Gasteiger partial charge is 0.238 e. The molecular formula is C24H17ClN2O3S2. The third-order valence-electron chi connectivity index (χ3n) is 6.57. The number of hydrogen-bond acceptors (Lipinski definition) is 6. The van der Waals surface area contributed by atoms with E-state index in [0.717, 1.165) is 21.0 Å². The van der Waals surface area contributed by atoms with Gasteiger partial charge in [0.1, 0.15) is 0 Å². The number of anilines is 1. The van der Waals surface area contributed by atoms with E-state index in [1.165, 1.54) is 28.0 Å². The number of rotatable bonds is 5. The Morgan fingerprint density at radius 3 is 2.44 bits per heavy atom. The summed E-state index contributed by atoms with van der Waals surface area (Å²) in [5.74, 6) is 0.0949. The molecule has 1 aliphatic heterocycles. The van der Waals surface area contributed by atoms with Crippen LogP contribution in [0.2, 0.25) is 5.02 Å². The molecule has 1 saturated carbocycles. The molecule has 0 unspecified atom stereocenters. The third kappa shape index (κ3) is 3.14. The summed E-state index contributed by atoms with van der Waals surface area (Å²) in [4.78, 5) is 44.5. The number of imide groups is 1. The molecule has 32 heavy (non-hydrogen) atoms. The molecule has 4 atom stereocenters. The van der Waals surface area contributed by atoms with Crippen molar-refractivity contribution in [2.45, 2.75) is 10.8 Å². The van der Waals surface area contributed by atoms with Gasteiger partial charge in [-0.3, -0.25) is 14.4 Å². The second-order valence-corrected chi connectivity index (χ2v) is 11.1. The lowest BCUT2D eigenvalue weighted by molar-refractivity contribution is -0.123. The van der Waals surface area contributed by atoms with E-state index in [-0.39, 0.29) is 47.0 Å². The zero-order valence-corrected chi connectivity index (χ0v) is 19.1. The molecule has 160 valence electrons. The van der Waals surface area contributed by atoms with E-state index in [1.54, 1.807) is 30.3 Å². The maximum Gasteiger partial charge on any atom is 0.238 e. The largest absolute Gasteiger partial charge is 0.293 e. The van der Waals surface area contributed by atoms with Crippen LogP contribution in [0.1, 0.15) is 16.8 Å². The van der Waals surface area contributed by atoms with Gasteiger partial charge in [-0.05, 0) is 60.7 Å². The maximum absolute atomic E-state index is 13.1. The van der Waals surface area contributed by atoms with Gasteiger partial charge in [-0.1, -0.05) is 35.5 Å². The van der Waals surface area contributed by atoms with Crippen molar-refractivity contribution in [2.75, 3.05) is 10.7 Å². The summed E-state index contributed by atoms with van der Waals surface area (Å²) < 4.78 is 1.67. The van der Waals surface area contributed by atoms with Crippen LogP contribution in [0.15, 0.2) is 59.0 Å². The minimum Gasteiger partial charge on any atom is -0.293 e. The molecule has 2 aliphatic carbocycles. The topological polar surface area (TPSA) is 67.3 Å². The summed E-state index contributed by atoms with van der Waals surface area (Å²) in [7, 11) is 0. The number of carbonyl (C=O) groups excluding carboxylic acids is 3. The van der Waals surface area contributed by atoms with E-state index in [9.17, 15) is 14.4 Å². The first-order chi connectivity index (χ1) is 15.5. The highest BCUT2D eigenvalue weighted by Gasteiger charge is 2.59. The molecule has 2 fully saturated rings. The Morgan fingerprint density at radius 1 is 1.06 bits per heavy atom. The van der Waals surface area contributed by atoms with Crippen molar-refractivity contribution >= 4 is 68.2 Å². The van der Waals surface area contributed by atoms with Gasteiger partial charge in [0.15, 0.2) is 10.1 Å². The van der Waals surface area contributed by atoms with Crippen molar-refractivity contribution in [2.24, 2.45) is 23.7 Å². The van der Waals surface area contributed by atoms with Crippen molar-refractivity contribution < 1.29 is 14.4 Å². The number of amides is 2. The highest BCUT2D eigenvalue weighted by atomic mass is 35.5. The van der Waals surface area contributed by atoms with Gasteiger partial charge in [0.25, 0.3) is 0 Å². The van der Waals surface area contributed by atoms with Crippen LogP contribution in [0.4, 0.5) is 5.69 Å². The van der Waals surface area contributed by atoms with Crippen LogP contribution in [0.3, 0.4) is 0 Å². The van der Waals surface area contributed by atoms with Gasteiger partial charge in [0.05, 0.1) is 33.5 Å². The first-order valence-electron chi connectivity index (χ1n) is 10.4. The summed E-state index contributed by atoms with van der Waals surface area (Å²) in [5, 5.41) is 0.596. The van der Waals surface area contributed by atoms with Gasteiger partial charge in [0, 0.05) is 10.6 Å². The fourth-order valence-corrected chi connectivity index (χ4v) is 7.22. The summed E-state index contributed by atoms with van der Waals surface area (Å²) in [5.41, 5.74) is 2.02. The number of carbonyl (C=O) groups is 3. The molecule has 2 bridgehead atoms. The molecular weight excluding hydrogens is 464 g/mol. The summed E-state index contributed by atoms with van der Waals surface area (Å²) in [6.07, 6.45) is 5.12. The van der Waals surface area contributed by atoms with Crippen LogP contribution in [0.5, 0.6) is 0 Å². The molecule has 3 aromatic rings. The summed E-state index contributed by atoms with van der Waals surface area (Å²) >= 11 is 8.73. The van der Waals surface area contributed by atoms with E-state index in [4.69, 9.17) is 11.6 Å². The first kappa shape index (κ1) is 20.1. The van der Waals surface area contributed by atoms with Gasteiger partial charge in [-0.2, -0.15) is 0 Å². The molecule has 2 heterocycles. The van der Waals surface area contributed by atoms with Crippen LogP contribution in [0.25, 0.3) is 10.2 Å². The van der Waals surface area contributed by atoms with Crippen LogP contribution in [-0.4, -0.2) is 28.3 Å². The molecule has 6 rings (SSSR count).